The number of primary amides is 1. The van der Waals surface area contributed by atoms with Crippen molar-refractivity contribution in [1.82, 2.24) is 0 Å². The summed E-state index contributed by atoms with van der Waals surface area (Å²) in [6, 6.07) is 4.45. The summed E-state index contributed by atoms with van der Waals surface area (Å²) in [7, 11) is 0. The Morgan fingerprint density at radius 2 is 1.89 bits per heavy atom. The number of halogens is 4. The van der Waals surface area contributed by atoms with Crippen molar-refractivity contribution < 1.29 is 18.3 Å². The summed E-state index contributed by atoms with van der Waals surface area (Å²) in [6.45, 7) is 0.0759. The average Bonchev–Trinajstić information content (AvgIpc) is 2.96. The maximum atomic E-state index is 13.3. The Morgan fingerprint density at radius 3 is 2.28 bits per heavy atom. The Morgan fingerprint density at radius 1 is 1.39 bits per heavy atom. The molecule has 0 aliphatic carbocycles. The number of rotatable bonds is 4. The van der Waals surface area contributed by atoms with Gasteiger partial charge in [-0.3, -0.25) is 4.79 Å². The van der Waals surface area contributed by atoms with E-state index in [0.29, 0.717) is 15.6 Å². The van der Waals surface area contributed by atoms with Gasteiger partial charge in [0.1, 0.15) is 5.60 Å². The number of benzene rings is 1. The van der Waals surface area contributed by atoms with Gasteiger partial charge in [-0.05, 0) is 23.8 Å². The highest BCUT2D eigenvalue weighted by Crippen LogP contribution is 2.47. The molecule has 0 spiro atoms. The van der Waals surface area contributed by atoms with Crippen LogP contribution < -0.4 is 5.73 Å². The Balaban J connectivity index is 2.29. The normalized spacial score (nSPS) is 22.9. The lowest BCUT2D eigenvalue weighted by atomic mass is 9.93. The van der Waals surface area contributed by atoms with Crippen LogP contribution in [-0.2, 0) is 15.1 Å². The van der Waals surface area contributed by atoms with Crippen molar-refractivity contribution in [3.8, 4) is 0 Å². The van der Waals surface area contributed by atoms with E-state index in [-0.39, 0.29) is 6.61 Å². The van der Waals surface area contributed by atoms with Crippen LogP contribution in [-0.4, -0.2) is 18.4 Å². The van der Waals surface area contributed by atoms with Crippen LogP contribution in [0.15, 0.2) is 18.2 Å². The largest absolute Gasteiger partial charge is 0.364 e. The van der Waals surface area contributed by atoms with E-state index in [1.807, 2.05) is 0 Å². The Labute approximate surface area is 112 Å². The molecule has 98 valence electrons. The molecule has 1 aliphatic heterocycles. The third-order valence-corrected chi connectivity index (χ3v) is 3.19. The van der Waals surface area contributed by atoms with Gasteiger partial charge in [-0.15, -0.1) is 0 Å². The fourth-order valence-electron chi connectivity index (χ4n) is 1.72. The van der Waals surface area contributed by atoms with Crippen molar-refractivity contribution in [2.24, 2.45) is 5.73 Å². The highest BCUT2D eigenvalue weighted by atomic mass is 35.5. The molecule has 0 saturated carbocycles. The summed E-state index contributed by atoms with van der Waals surface area (Å²) >= 11 is 11.6. The second kappa shape index (κ2) is 4.33. The second-order valence-electron chi connectivity index (χ2n) is 4.19. The zero-order valence-corrected chi connectivity index (χ0v) is 10.6. The molecule has 2 N–H and O–H groups in total. The minimum absolute atomic E-state index is 0.0759. The maximum absolute atomic E-state index is 13.3. The van der Waals surface area contributed by atoms with Crippen LogP contribution in [0.1, 0.15) is 12.0 Å². The first-order valence-corrected chi connectivity index (χ1v) is 5.79. The first kappa shape index (κ1) is 13.5. The molecule has 0 aromatic heterocycles. The summed E-state index contributed by atoms with van der Waals surface area (Å²) in [4.78, 5) is 10.7. The van der Waals surface area contributed by atoms with Crippen LogP contribution in [0.25, 0.3) is 0 Å². The molecular weight excluding hydrogens is 287 g/mol. The lowest BCUT2D eigenvalue weighted by Gasteiger charge is -2.18. The standard InChI is InChI=1S/C11H9Cl2F2NO2/c12-7-1-6(2-8(13)3-7)10(5-18-10)4-11(14,15)9(16)17/h1-3H,4-5H2,(H2,16,17). The van der Waals surface area contributed by atoms with Crippen LogP contribution in [0.3, 0.4) is 0 Å². The van der Waals surface area contributed by atoms with E-state index >= 15 is 0 Å². The van der Waals surface area contributed by atoms with E-state index in [4.69, 9.17) is 27.9 Å². The minimum Gasteiger partial charge on any atom is -0.364 e. The lowest BCUT2D eigenvalue weighted by Crippen LogP contribution is -2.39. The van der Waals surface area contributed by atoms with Crippen LogP contribution >= 0.6 is 23.2 Å². The van der Waals surface area contributed by atoms with E-state index in [1.165, 1.54) is 18.2 Å². The van der Waals surface area contributed by atoms with Gasteiger partial charge in [0, 0.05) is 10.0 Å². The van der Waals surface area contributed by atoms with Gasteiger partial charge >= 0.3 is 5.92 Å². The van der Waals surface area contributed by atoms with E-state index in [2.05, 4.69) is 5.73 Å². The molecule has 2 rings (SSSR count). The number of hydrogen-bond acceptors (Lipinski definition) is 2. The number of nitrogens with two attached hydrogens (primary N) is 1. The third kappa shape index (κ3) is 2.58. The summed E-state index contributed by atoms with van der Waals surface area (Å²) < 4.78 is 31.8. The molecule has 1 amide bonds. The second-order valence-corrected chi connectivity index (χ2v) is 5.06. The van der Waals surface area contributed by atoms with Crippen LogP contribution in [0, 0.1) is 0 Å². The van der Waals surface area contributed by atoms with Gasteiger partial charge in [-0.25, -0.2) is 0 Å². The SMILES string of the molecule is NC(=O)C(F)(F)CC1(c2cc(Cl)cc(Cl)c2)CO1. The van der Waals surface area contributed by atoms with Crippen LogP contribution in [0.4, 0.5) is 8.78 Å². The maximum Gasteiger partial charge on any atom is 0.327 e. The molecule has 1 fully saturated rings. The predicted molar refractivity (Wildman–Crippen MR) is 62.9 cm³/mol. The first-order chi connectivity index (χ1) is 8.25. The summed E-state index contributed by atoms with van der Waals surface area (Å²) in [5.74, 6) is -5.31. The number of carbonyl (C=O) groups excluding carboxylic acids is 1. The quantitative estimate of drug-likeness (QED) is 0.869. The van der Waals surface area contributed by atoms with Crippen molar-refractivity contribution in [3.63, 3.8) is 0 Å². The van der Waals surface area contributed by atoms with Crippen molar-refractivity contribution in [2.45, 2.75) is 17.9 Å². The molecule has 18 heavy (non-hydrogen) atoms. The van der Waals surface area contributed by atoms with Crippen LogP contribution in [0.2, 0.25) is 10.0 Å². The molecule has 1 aliphatic rings. The number of hydrogen-bond donors (Lipinski definition) is 1. The van der Waals surface area contributed by atoms with E-state index < -0.39 is 23.9 Å². The summed E-state index contributed by atoms with van der Waals surface area (Å²) in [5.41, 5.74) is 3.83. The average molecular weight is 296 g/mol. The van der Waals surface area contributed by atoms with Crippen LogP contribution in [0.5, 0.6) is 0 Å². The molecule has 1 aromatic rings. The molecule has 0 bridgehead atoms. The number of epoxide rings is 1. The van der Waals surface area contributed by atoms with Gasteiger partial charge in [-0.2, -0.15) is 8.78 Å². The van der Waals surface area contributed by atoms with E-state index in [1.54, 1.807) is 0 Å². The molecule has 1 heterocycles. The summed E-state index contributed by atoms with van der Waals surface area (Å²) in [5, 5.41) is 0.629. The number of alkyl halides is 2. The molecule has 7 heteroatoms. The smallest absolute Gasteiger partial charge is 0.327 e. The highest BCUT2D eigenvalue weighted by Gasteiger charge is 2.55. The molecule has 0 radical (unpaired) electrons. The zero-order valence-electron chi connectivity index (χ0n) is 9.05. The molecule has 3 nitrogen and oxygen atoms in total. The van der Waals surface area contributed by atoms with Gasteiger partial charge in [-0.1, -0.05) is 23.2 Å². The molecular formula is C11H9Cl2F2NO2. The number of carbonyl (C=O) groups is 1. The fourth-order valence-corrected chi connectivity index (χ4v) is 2.25. The van der Waals surface area contributed by atoms with Crippen molar-refractivity contribution in [3.05, 3.63) is 33.8 Å². The zero-order chi connectivity index (χ0) is 13.6. The third-order valence-electron chi connectivity index (χ3n) is 2.75. The van der Waals surface area contributed by atoms with E-state index in [9.17, 15) is 13.6 Å². The van der Waals surface area contributed by atoms with Gasteiger partial charge in [0.05, 0.1) is 13.0 Å². The fraction of sp³-hybridized carbons (Fsp3) is 0.364. The van der Waals surface area contributed by atoms with Crippen molar-refractivity contribution in [2.75, 3.05) is 6.61 Å². The number of ether oxygens (including phenoxy) is 1. The monoisotopic (exact) mass is 295 g/mol. The number of amides is 1. The molecule has 1 aromatic carbocycles. The van der Waals surface area contributed by atoms with E-state index in [0.717, 1.165) is 0 Å². The highest BCUT2D eigenvalue weighted by molar-refractivity contribution is 6.34. The first-order valence-electron chi connectivity index (χ1n) is 5.03. The summed E-state index contributed by atoms with van der Waals surface area (Å²) in [6.07, 6.45) is -0.813. The van der Waals surface area contributed by atoms with Gasteiger partial charge in [0.2, 0.25) is 0 Å². The van der Waals surface area contributed by atoms with Gasteiger partial charge in [0.15, 0.2) is 0 Å². The Kier molecular flexibility index (Phi) is 3.25. The van der Waals surface area contributed by atoms with Crippen molar-refractivity contribution in [1.29, 1.82) is 0 Å². The Hall–Kier alpha value is -0.910. The minimum atomic E-state index is -3.63. The lowest BCUT2D eigenvalue weighted by molar-refractivity contribution is -0.145. The molecule has 1 unspecified atom stereocenters. The molecule has 1 atom stereocenters. The van der Waals surface area contributed by atoms with Gasteiger partial charge < -0.3 is 10.5 Å². The van der Waals surface area contributed by atoms with Gasteiger partial charge in [0.25, 0.3) is 5.91 Å². The van der Waals surface area contributed by atoms with Crippen molar-refractivity contribution >= 4 is 29.1 Å². The topological polar surface area (TPSA) is 55.6 Å². The molecule has 1 saturated heterocycles. The predicted octanol–water partition coefficient (Wildman–Crippen LogP) is 2.73. The Bertz CT molecular complexity index is 484.